The molecule has 0 radical (unpaired) electrons. The van der Waals surface area contributed by atoms with Gasteiger partial charge in [-0.1, -0.05) is 84.0 Å². The lowest BCUT2D eigenvalue weighted by atomic mass is 9.77. The Morgan fingerprint density at radius 2 is 1.31 bits per heavy atom. The molecule has 0 saturated heterocycles. The van der Waals surface area contributed by atoms with E-state index in [0.29, 0.717) is 11.4 Å². The first-order valence-corrected chi connectivity index (χ1v) is 10.8. The third-order valence-corrected chi connectivity index (χ3v) is 5.62. The zero-order valence-electron chi connectivity index (χ0n) is 19.6. The van der Waals surface area contributed by atoms with Crippen LogP contribution in [0.2, 0.25) is 0 Å². The number of hydrogen-bond acceptors (Lipinski definition) is 4. The Hall–Kier alpha value is -3.34. The summed E-state index contributed by atoms with van der Waals surface area (Å²) < 4.78 is 0. The largest absolute Gasteiger partial charge is 0.507 e. The van der Waals surface area contributed by atoms with Gasteiger partial charge in [-0.15, -0.1) is 0 Å². The van der Waals surface area contributed by atoms with Gasteiger partial charge in [-0.3, -0.25) is 10.1 Å². The molecule has 0 aliphatic rings. The Morgan fingerprint density at radius 3 is 1.81 bits per heavy atom. The summed E-state index contributed by atoms with van der Waals surface area (Å²) in [6, 6.07) is 20.3. The highest BCUT2D eigenvalue weighted by molar-refractivity contribution is 5.64. The fourth-order valence-electron chi connectivity index (χ4n) is 3.88. The van der Waals surface area contributed by atoms with E-state index in [1.807, 2.05) is 42.5 Å². The van der Waals surface area contributed by atoms with Crippen molar-refractivity contribution in [2.75, 3.05) is 5.32 Å². The quantitative estimate of drug-likeness (QED) is 0.333. The lowest BCUT2D eigenvalue weighted by Crippen LogP contribution is -2.20. The number of para-hydroxylation sites is 2. The number of phenols is 1. The smallest absolute Gasteiger partial charge is 0.292 e. The van der Waals surface area contributed by atoms with E-state index >= 15 is 0 Å². The summed E-state index contributed by atoms with van der Waals surface area (Å²) in [6.45, 7) is 12.4. The maximum atomic E-state index is 11.6. The van der Waals surface area contributed by atoms with Crippen molar-refractivity contribution >= 4 is 11.4 Å². The molecule has 3 aromatic rings. The molecule has 0 bridgehead atoms. The molecular weight excluding hydrogens is 400 g/mol. The molecular formula is C27H32N2O3. The molecule has 5 heteroatoms. The van der Waals surface area contributed by atoms with Gasteiger partial charge in [-0.25, -0.2) is 0 Å². The second-order valence-corrected chi connectivity index (χ2v) is 10.2. The monoisotopic (exact) mass is 432 g/mol. The van der Waals surface area contributed by atoms with Gasteiger partial charge in [0.2, 0.25) is 0 Å². The van der Waals surface area contributed by atoms with Crippen LogP contribution >= 0.6 is 0 Å². The van der Waals surface area contributed by atoms with E-state index in [0.717, 1.165) is 22.3 Å². The molecule has 0 amide bonds. The van der Waals surface area contributed by atoms with Crippen LogP contribution in [0.25, 0.3) is 0 Å². The molecule has 5 nitrogen and oxygen atoms in total. The molecule has 0 aliphatic carbocycles. The fourth-order valence-corrected chi connectivity index (χ4v) is 3.88. The molecule has 0 fully saturated rings. The van der Waals surface area contributed by atoms with E-state index in [1.54, 1.807) is 18.2 Å². The Balaban J connectivity index is 2.26. The highest BCUT2D eigenvalue weighted by Gasteiger charge is 2.29. The van der Waals surface area contributed by atoms with Gasteiger partial charge in [0.15, 0.2) is 0 Å². The maximum Gasteiger partial charge on any atom is 0.292 e. The van der Waals surface area contributed by atoms with E-state index in [9.17, 15) is 15.2 Å². The van der Waals surface area contributed by atoms with Crippen molar-refractivity contribution in [2.45, 2.75) is 58.4 Å². The number of nitrogens with zero attached hydrogens (tertiary/aromatic N) is 1. The van der Waals surface area contributed by atoms with Crippen LogP contribution in [0.3, 0.4) is 0 Å². The van der Waals surface area contributed by atoms with Gasteiger partial charge in [-0.05, 0) is 51.3 Å². The third-order valence-electron chi connectivity index (χ3n) is 5.62. The van der Waals surface area contributed by atoms with Gasteiger partial charge in [0.1, 0.15) is 11.4 Å². The van der Waals surface area contributed by atoms with E-state index in [-0.39, 0.29) is 27.5 Å². The van der Waals surface area contributed by atoms with Gasteiger partial charge in [0.25, 0.3) is 5.69 Å². The molecule has 0 heterocycles. The molecule has 0 aliphatic heterocycles. The summed E-state index contributed by atoms with van der Waals surface area (Å²) >= 11 is 0. The van der Waals surface area contributed by atoms with E-state index in [2.05, 4.69) is 46.9 Å². The standard InChI is InChI=1S/C27H32N2O3/c1-26(2,3)20-16-19(17-21(25(20)30)27(4,5)6)24(18-12-8-7-9-13-18)28-22-14-10-11-15-23(22)29(31)32/h7-17,24,28,30H,1-6H3. The van der Waals surface area contributed by atoms with Gasteiger partial charge in [0.05, 0.1) is 11.0 Å². The van der Waals surface area contributed by atoms with Crippen LogP contribution in [-0.2, 0) is 10.8 Å². The van der Waals surface area contributed by atoms with Gasteiger partial charge in [-0.2, -0.15) is 0 Å². The van der Waals surface area contributed by atoms with Gasteiger partial charge >= 0.3 is 0 Å². The summed E-state index contributed by atoms with van der Waals surface area (Å²) in [7, 11) is 0. The summed E-state index contributed by atoms with van der Waals surface area (Å²) in [4.78, 5) is 11.3. The number of nitrogens with one attached hydrogen (secondary N) is 1. The molecule has 32 heavy (non-hydrogen) atoms. The minimum Gasteiger partial charge on any atom is -0.507 e. The molecule has 3 rings (SSSR count). The number of nitro groups is 1. The maximum absolute atomic E-state index is 11.6. The number of aromatic hydroxyl groups is 1. The summed E-state index contributed by atoms with van der Waals surface area (Å²) in [5, 5.41) is 26.2. The molecule has 168 valence electrons. The van der Waals surface area contributed by atoms with Crippen molar-refractivity contribution < 1.29 is 10.0 Å². The van der Waals surface area contributed by atoms with Crippen LogP contribution in [0.4, 0.5) is 11.4 Å². The highest BCUT2D eigenvalue weighted by Crippen LogP contribution is 2.42. The van der Waals surface area contributed by atoms with Crippen LogP contribution in [0, 0.1) is 10.1 Å². The van der Waals surface area contributed by atoms with E-state index < -0.39 is 0 Å². The number of rotatable bonds is 5. The number of anilines is 1. The normalized spacial score (nSPS) is 12.9. The number of hydrogen-bond donors (Lipinski definition) is 2. The first-order chi connectivity index (χ1) is 14.9. The summed E-state index contributed by atoms with van der Waals surface area (Å²) in [6.07, 6.45) is 0. The van der Waals surface area contributed by atoms with Crippen molar-refractivity contribution in [2.24, 2.45) is 0 Å². The number of nitro benzene ring substituents is 1. The molecule has 3 aromatic carbocycles. The second kappa shape index (κ2) is 8.65. The van der Waals surface area contributed by atoms with Crippen LogP contribution in [0.5, 0.6) is 5.75 Å². The van der Waals surface area contributed by atoms with Crippen molar-refractivity contribution in [1.82, 2.24) is 0 Å². The van der Waals surface area contributed by atoms with Crippen LogP contribution in [0.15, 0.2) is 66.7 Å². The number of benzene rings is 3. The minimum absolute atomic E-state index is 0.0271. The molecule has 0 spiro atoms. The summed E-state index contributed by atoms with van der Waals surface area (Å²) in [5.74, 6) is 0.311. The average Bonchev–Trinajstić information content (AvgIpc) is 2.71. The van der Waals surface area contributed by atoms with Crippen LogP contribution < -0.4 is 5.32 Å². The Labute approximate surface area is 190 Å². The Morgan fingerprint density at radius 1 is 0.812 bits per heavy atom. The van der Waals surface area contributed by atoms with Crippen LogP contribution in [0.1, 0.15) is 69.8 Å². The molecule has 1 unspecified atom stereocenters. The lowest BCUT2D eigenvalue weighted by Gasteiger charge is -2.30. The van der Waals surface area contributed by atoms with Crippen molar-refractivity contribution in [1.29, 1.82) is 0 Å². The minimum atomic E-state index is -0.373. The zero-order chi connectivity index (χ0) is 23.7. The topological polar surface area (TPSA) is 75.4 Å². The fraction of sp³-hybridized carbons (Fsp3) is 0.333. The van der Waals surface area contributed by atoms with Gasteiger partial charge in [0, 0.05) is 6.07 Å². The first kappa shape index (κ1) is 23.3. The average molecular weight is 433 g/mol. The predicted molar refractivity (Wildman–Crippen MR) is 131 cm³/mol. The molecule has 1 atom stereocenters. The Kier molecular flexibility index (Phi) is 6.31. The molecule has 0 aromatic heterocycles. The SMILES string of the molecule is CC(C)(C)c1cc(C(Nc2ccccc2[N+](=O)[O-])c2ccccc2)cc(C(C)(C)C)c1O. The highest BCUT2D eigenvalue weighted by atomic mass is 16.6. The third kappa shape index (κ3) is 4.93. The van der Waals surface area contributed by atoms with E-state index in [1.165, 1.54) is 6.07 Å². The molecule has 2 N–H and O–H groups in total. The summed E-state index contributed by atoms with van der Waals surface area (Å²) in [5.41, 5.74) is 3.56. The second-order valence-electron chi connectivity index (χ2n) is 10.2. The van der Waals surface area contributed by atoms with Crippen molar-refractivity contribution in [3.63, 3.8) is 0 Å². The first-order valence-electron chi connectivity index (χ1n) is 10.8. The molecule has 0 saturated carbocycles. The zero-order valence-corrected chi connectivity index (χ0v) is 19.6. The van der Waals surface area contributed by atoms with Crippen LogP contribution in [-0.4, -0.2) is 10.0 Å². The predicted octanol–water partition coefficient (Wildman–Crippen LogP) is 7.10. The number of phenolic OH excluding ortho intramolecular Hbond substituents is 1. The lowest BCUT2D eigenvalue weighted by molar-refractivity contribution is -0.384. The van der Waals surface area contributed by atoms with Gasteiger partial charge < -0.3 is 10.4 Å². The van der Waals surface area contributed by atoms with Crippen molar-refractivity contribution in [3.05, 3.63) is 99.1 Å². The van der Waals surface area contributed by atoms with Crippen molar-refractivity contribution in [3.8, 4) is 5.75 Å². The van der Waals surface area contributed by atoms with E-state index in [4.69, 9.17) is 0 Å². The Bertz CT molecular complexity index is 1070.